The molecule has 2 rings (SSSR count). The van der Waals surface area contributed by atoms with Crippen molar-refractivity contribution in [3.05, 3.63) is 53.7 Å². The van der Waals surface area contributed by atoms with Crippen molar-refractivity contribution in [1.29, 1.82) is 0 Å². The van der Waals surface area contributed by atoms with Crippen molar-refractivity contribution in [1.82, 2.24) is 10.3 Å². The zero-order valence-electron chi connectivity index (χ0n) is 13.5. The van der Waals surface area contributed by atoms with E-state index >= 15 is 0 Å². The third kappa shape index (κ3) is 4.39. The van der Waals surface area contributed by atoms with Crippen LogP contribution in [0.15, 0.2) is 42.6 Å². The Kier molecular flexibility index (Phi) is 5.46. The summed E-state index contributed by atoms with van der Waals surface area (Å²) in [4.78, 5) is 27.6. The summed E-state index contributed by atoms with van der Waals surface area (Å²) in [5.41, 5.74) is 3.03. The first-order valence-corrected chi connectivity index (χ1v) is 7.45. The Hall–Kier alpha value is -2.69. The minimum absolute atomic E-state index is 0.152. The Morgan fingerprint density at radius 3 is 2.65 bits per heavy atom. The van der Waals surface area contributed by atoms with Crippen LogP contribution in [0.1, 0.15) is 29.8 Å². The van der Waals surface area contributed by atoms with E-state index in [1.54, 1.807) is 19.2 Å². The number of nitrogens with one attached hydrogen (secondary N) is 1. The molecule has 0 radical (unpaired) electrons. The minimum atomic E-state index is -0.405. The molecule has 2 aromatic rings. The highest BCUT2D eigenvalue weighted by atomic mass is 16.5. The standard InChI is InChI=1S/C18H20N2O3/c1-12(11-20-14(3)21)23-18(22)16-8-6-7-15(13(16)2)17-9-4-5-10-19-17/h4-10,12H,11H2,1-3H3,(H,20,21). The van der Waals surface area contributed by atoms with E-state index in [0.29, 0.717) is 12.1 Å². The lowest BCUT2D eigenvalue weighted by Crippen LogP contribution is -2.31. The second-order valence-electron chi connectivity index (χ2n) is 5.35. The normalized spacial score (nSPS) is 11.6. The number of amides is 1. The maximum Gasteiger partial charge on any atom is 0.338 e. The van der Waals surface area contributed by atoms with Gasteiger partial charge < -0.3 is 10.1 Å². The van der Waals surface area contributed by atoms with Gasteiger partial charge in [0.2, 0.25) is 5.91 Å². The molecule has 5 nitrogen and oxygen atoms in total. The van der Waals surface area contributed by atoms with Crippen molar-refractivity contribution < 1.29 is 14.3 Å². The van der Waals surface area contributed by atoms with E-state index in [1.165, 1.54) is 6.92 Å². The average Bonchev–Trinajstić information content (AvgIpc) is 2.54. The van der Waals surface area contributed by atoms with E-state index < -0.39 is 12.1 Å². The minimum Gasteiger partial charge on any atom is -0.457 e. The van der Waals surface area contributed by atoms with Gasteiger partial charge in [-0.3, -0.25) is 9.78 Å². The lowest BCUT2D eigenvalue weighted by Gasteiger charge is -2.15. The second-order valence-corrected chi connectivity index (χ2v) is 5.35. The Labute approximate surface area is 135 Å². The largest absolute Gasteiger partial charge is 0.457 e. The fraction of sp³-hybridized carbons (Fsp3) is 0.278. The molecule has 1 aromatic heterocycles. The van der Waals surface area contributed by atoms with Crippen molar-refractivity contribution in [3.63, 3.8) is 0 Å². The van der Waals surface area contributed by atoms with Crippen LogP contribution in [-0.4, -0.2) is 29.5 Å². The number of benzene rings is 1. The van der Waals surface area contributed by atoms with E-state index in [9.17, 15) is 9.59 Å². The second kappa shape index (κ2) is 7.54. The lowest BCUT2D eigenvalue weighted by atomic mass is 9.99. The molecule has 0 saturated carbocycles. The Morgan fingerprint density at radius 2 is 2.00 bits per heavy atom. The van der Waals surface area contributed by atoms with Gasteiger partial charge in [0, 0.05) is 18.7 Å². The van der Waals surface area contributed by atoms with Crippen LogP contribution >= 0.6 is 0 Å². The molecule has 0 saturated heterocycles. The van der Waals surface area contributed by atoms with E-state index in [2.05, 4.69) is 10.3 Å². The number of hydrogen-bond donors (Lipinski definition) is 1. The van der Waals surface area contributed by atoms with Gasteiger partial charge in [-0.05, 0) is 37.6 Å². The molecular weight excluding hydrogens is 292 g/mol. The summed E-state index contributed by atoms with van der Waals surface area (Å²) >= 11 is 0. The van der Waals surface area contributed by atoms with Crippen molar-refractivity contribution in [3.8, 4) is 11.3 Å². The monoisotopic (exact) mass is 312 g/mol. The quantitative estimate of drug-likeness (QED) is 0.862. The Morgan fingerprint density at radius 1 is 1.22 bits per heavy atom. The van der Waals surface area contributed by atoms with E-state index in [-0.39, 0.29) is 5.91 Å². The SMILES string of the molecule is CC(=O)NCC(C)OC(=O)c1cccc(-c2ccccn2)c1C. The maximum absolute atomic E-state index is 12.3. The van der Waals surface area contributed by atoms with Crippen molar-refractivity contribution >= 4 is 11.9 Å². The molecular formula is C18H20N2O3. The number of esters is 1. The van der Waals surface area contributed by atoms with Crippen LogP contribution in [0.5, 0.6) is 0 Å². The molecule has 5 heteroatoms. The zero-order valence-corrected chi connectivity index (χ0v) is 13.5. The zero-order chi connectivity index (χ0) is 16.8. The van der Waals surface area contributed by atoms with Gasteiger partial charge in [-0.15, -0.1) is 0 Å². The van der Waals surface area contributed by atoms with Crippen molar-refractivity contribution in [2.45, 2.75) is 26.9 Å². The highest BCUT2D eigenvalue weighted by molar-refractivity contribution is 5.93. The number of carbonyl (C=O) groups is 2. The van der Waals surface area contributed by atoms with Gasteiger partial charge in [0.05, 0.1) is 17.8 Å². The molecule has 0 spiro atoms. The lowest BCUT2D eigenvalue weighted by molar-refractivity contribution is -0.119. The van der Waals surface area contributed by atoms with Gasteiger partial charge in [-0.2, -0.15) is 0 Å². The van der Waals surface area contributed by atoms with Crippen LogP contribution in [0.25, 0.3) is 11.3 Å². The topological polar surface area (TPSA) is 68.3 Å². The van der Waals surface area contributed by atoms with Gasteiger partial charge in [-0.25, -0.2) is 4.79 Å². The Balaban J connectivity index is 2.17. The molecule has 1 aromatic carbocycles. The molecule has 1 heterocycles. The van der Waals surface area contributed by atoms with Crippen molar-refractivity contribution in [2.75, 3.05) is 6.54 Å². The Bertz CT molecular complexity index is 699. The molecule has 0 aliphatic carbocycles. The molecule has 1 atom stereocenters. The molecule has 0 aliphatic heterocycles. The first-order valence-electron chi connectivity index (χ1n) is 7.45. The molecule has 0 fully saturated rings. The maximum atomic E-state index is 12.3. The first-order chi connectivity index (χ1) is 11.0. The summed E-state index contributed by atoms with van der Waals surface area (Å²) in [7, 11) is 0. The average molecular weight is 312 g/mol. The molecule has 0 aliphatic rings. The van der Waals surface area contributed by atoms with Crippen LogP contribution in [0.2, 0.25) is 0 Å². The van der Waals surface area contributed by atoms with Gasteiger partial charge >= 0.3 is 5.97 Å². The molecule has 1 N–H and O–H groups in total. The van der Waals surface area contributed by atoms with Crippen LogP contribution in [0.3, 0.4) is 0 Å². The van der Waals surface area contributed by atoms with Crippen molar-refractivity contribution in [2.24, 2.45) is 0 Å². The van der Waals surface area contributed by atoms with Gasteiger partial charge in [0.1, 0.15) is 6.10 Å². The van der Waals surface area contributed by atoms with E-state index in [4.69, 9.17) is 4.74 Å². The number of aromatic nitrogens is 1. The summed E-state index contributed by atoms with van der Waals surface area (Å²) in [5, 5.41) is 2.63. The summed E-state index contributed by atoms with van der Waals surface area (Å²) in [6, 6.07) is 11.1. The molecule has 1 amide bonds. The van der Waals surface area contributed by atoms with Crippen LogP contribution in [0, 0.1) is 6.92 Å². The van der Waals surface area contributed by atoms with Gasteiger partial charge in [0.15, 0.2) is 0 Å². The highest BCUT2D eigenvalue weighted by Gasteiger charge is 2.17. The number of ether oxygens (including phenoxy) is 1. The highest BCUT2D eigenvalue weighted by Crippen LogP contribution is 2.24. The number of hydrogen-bond acceptors (Lipinski definition) is 4. The fourth-order valence-electron chi connectivity index (χ4n) is 2.23. The predicted molar refractivity (Wildman–Crippen MR) is 88.0 cm³/mol. The summed E-state index contributed by atoms with van der Waals surface area (Å²) < 4.78 is 5.38. The van der Waals surface area contributed by atoms with Crippen LogP contribution < -0.4 is 5.32 Å². The summed E-state index contributed by atoms with van der Waals surface area (Å²) in [5.74, 6) is -0.556. The number of pyridine rings is 1. The van der Waals surface area contributed by atoms with Crippen LogP contribution in [0.4, 0.5) is 0 Å². The van der Waals surface area contributed by atoms with E-state index in [0.717, 1.165) is 16.8 Å². The summed E-state index contributed by atoms with van der Waals surface area (Å²) in [6.45, 7) is 5.33. The fourth-order valence-corrected chi connectivity index (χ4v) is 2.23. The first kappa shape index (κ1) is 16.7. The smallest absolute Gasteiger partial charge is 0.338 e. The molecule has 120 valence electrons. The van der Waals surface area contributed by atoms with Crippen LogP contribution in [-0.2, 0) is 9.53 Å². The number of rotatable bonds is 5. The third-order valence-corrected chi connectivity index (χ3v) is 3.44. The predicted octanol–water partition coefficient (Wildman–Crippen LogP) is 2.74. The van der Waals surface area contributed by atoms with Gasteiger partial charge in [0.25, 0.3) is 0 Å². The molecule has 23 heavy (non-hydrogen) atoms. The van der Waals surface area contributed by atoms with Gasteiger partial charge in [-0.1, -0.05) is 18.2 Å². The molecule has 0 bridgehead atoms. The third-order valence-electron chi connectivity index (χ3n) is 3.44. The molecule has 1 unspecified atom stereocenters. The van der Waals surface area contributed by atoms with E-state index in [1.807, 2.05) is 37.3 Å². The number of carbonyl (C=O) groups excluding carboxylic acids is 2. The number of nitrogens with zero attached hydrogens (tertiary/aromatic N) is 1. The summed E-state index contributed by atoms with van der Waals surface area (Å²) in [6.07, 6.45) is 1.32.